The lowest BCUT2D eigenvalue weighted by atomic mass is 10.2. The summed E-state index contributed by atoms with van der Waals surface area (Å²) in [5, 5.41) is 0. The van der Waals surface area contributed by atoms with Crippen molar-refractivity contribution < 1.29 is 22.7 Å². The number of fused-ring (bicyclic) bond motifs is 1. The topological polar surface area (TPSA) is 87.0 Å². The summed E-state index contributed by atoms with van der Waals surface area (Å²) in [6.07, 6.45) is 0. The number of esters is 1. The first kappa shape index (κ1) is 18.2. The highest BCUT2D eigenvalue weighted by Gasteiger charge is 2.15. The fourth-order valence-electron chi connectivity index (χ4n) is 2.37. The first-order valence-corrected chi connectivity index (χ1v) is 9.74. The number of carbonyl (C=O) groups is 1. The quantitative estimate of drug-likeness (QED) is 0.636. The van der Waals surface area contributed by atoms with Crippen LogP contribution in [0.5, 0.6) is 5.75 Å². The van der Waals surface area contributed by atoms with Crippen molar-refractivity contribution in [3.05, 3.63) is 52.8 Å². The molecule has 7 nitrogen and oxygen atoms in total. The SMILES string of the molecule is COC(=O)c1ccc2c(c1)s/c(=N\S(=O)(=O)c1ccc(OC)cc1)n2C. The number of carbonyl (C=O) groups excluding carboxylic acids is 1. The molecule has 0 aliphatic heterocycles. The number of hydrogen-bond acceptors (Lipinski definition) is 6. The fourth-order valence-corrected chi connectivity index (χ4v) is 4.66. The second-order valence-corrected chi connectivity index (χ2v) is 7.97. The Balaban J connectivity index is 2.10. The van der Waals surface area contributed by atoms with Gasteiger partial charge in [0.25, 0.3) is 10.0 Å². The largest absolute Gasteiger partial charge is 0.497 e. The van der Waals surface area contributed by atoms with Gasteiger partial charge in [0, 0.05) is 7.05 Å². The molecule has 0 bridgehead atoms. The number of aromatic nitrogens is 1. The van der Waals surface area contributed by atoms with Crippen molar-refractivity contribution >= 4 is 37.5 Å². The average molecular weight is 392 g/mol. The molecular weight excluding hydrogens is 376 g/mol. The van der Waals surface area contributed by atoms with Crippen LogP contribution in [0.2, 0.25) is 0 Å². The number of thiazole rings is 1. The van der Waals surface area contributed by atoms with Gasteiger partial charge in [0.05, 0.1) is 34.9 Å². The molecule has 0 spiro atoms. The van der Waals surface area contributed by atoms with E-state index in [1.54, 1.807) is 41.9 Å². The molecule has 9 heteroatoms. The van der Waals surface area contributed by atoms with Gasteiger partial charge in [-0.25, -0.2) is 4.79 Å². The molecule has 0 fully saturated rings. The van der Waals surface area contributed by atoms with E-state index in [1.807, 2.05) is 0 Å². The number of benzene rings is 2. The molecule has 0 N–H and O–H groups in total. The molecule has 2 aromatic carbocycles. The average Bonchev–Trinajstić information content (AvgIpc) is 2.95. The summed E-state index contributed by atoms with van der Waals surface area (Å²) in [4.78, 5) is 12.0. The van der Waals surface area contributed by atoms with Crippen molar-refractivity contribution in [1.29, 1.82) is 0 Å². The number of hydrogen-bond donors (Lipinski definition) is 0. The summed E-state index contributed by atoms with van der Waals surface area (Å²) >= 11 is 1.18. The third kappa shape index (κ3) is 3.35. The Kier molecular flexibility index (Phi) is 4.84. The number of methoxy groups -OCH3 is 2. The first-order chi connectivity index (χ1) is 12.4. The molecular formula is C17H16N2O5S2. The Hall–Kier alpha value is -2.65. The van der Waals surface area contributed by atoms with E-state index in [0.717, 1.165) is 10.2 Å². The summed E-state index contributed by atoms with van der Waals surface area (Å²) in [6.45, 7) is 0. The highest BCUT2D eigenvalue weighted by Crippen LogP contribution is 2.21. The predicted molar refractivity (Wildman–Crippen MR) is 97.9 cm³/mol. The van der Waals surface area contributed by atoms with Crippen LogP contribution in [-0.2, 0) is 21.8 Å². The van der Waals surface area contributed by atoms with E-state index in [-0.39, 0.29) is 4.90 Å². The van der Waals surface area contributed by atoms with E-state index >= 15 is 0 Å². The third-order valence-electron chi connectivity index (χ3n) is 3.79. The van der Waals surface area contributed by atoms with Crippen LogP contribution in [0.1, 0.15) is 10.4 Å². The van der Waals surface area contributed by atoms with Crippen LogP contribution in [0.4, 0.5) is 0 Å². The molecule has 0 amide bonds. The van der Waals surface area contributed by atoms with Crippen LogP contribution in [0, 0.1) is 0 Å². The van der Waals surface area contributed by atoms with E-state index in [4.69, 9.17) is 9.47 Å². The van der Waals surface area contributed by atoms with Crippen LogP contribution >= 0.6 is 11.3 Å². The van der Waals surface area contributed by atoms with Crippen molar-refractivity contribution in [2.75, 3.05) is 14.2 Å². The zero-order valence-electron chi connectivity index (χ0n) is 14.3. The fraction of sp³-hybridized carbons (Fsp3) is 0.176. The summed E-state index contributed by atoms with van der Waals surface area (Å²) < 4.78 is 41.2. The lowest BCUT2D eigenvalue weighted by Crippen LogP contribution is -2.13. The van der Waals surface area contributed by atoms with Crippen molar-refractivity contribution in [1.82, 2.24) is 4.57 Å². The molecule has 1 heterocycles. The molecule has 0 atom stereocenters. The lowest BCUT2D eigenvalue weighted by molar-refractivity contribution is 0.0601. The summed E-state index contributed by atoms with van der Waals surface area (Å²) in [5.41, 5.74) is 1.16. The van der Waals surface area contributed by atoms with Crippen molar-refractivity contribution in [3.8, 4) is 5.75 Å². The number of aryl methyl sites for hydroxylation is 1. The second kappa shape index (κ2) is 6.93. The van der Waals surface area contributed by atoms with Crippen LogP contribution in [0.25, 0.3) is 10.2 Å². The standard InChI is InChI=1S/C17H16N2O5S2/c1-19-14-9-4-11(16(20)24-3)10-15(14)25-17(19)18-26(21,22)13-7-5-12(23-2)6-8-13/h4-10H,1-3H3/b18-17-. The highest BCUT2D eigenvalue weighted by atomic mass is 32.2. The van der Waals surface area contributed by atoms with Crippen LogP contribution in [0.3, 0.4) is 0 Å². The maximum Gasteiger partial charge on any atom is 0.337 e. The van der Waals surface area contributed by atoms with Gasteiger partial charge in [0.2, 0.25) is 4.80 Å². The number of nitrogens with zero attached hydrogens (tertiary/aromatic N) is 2. The Bertz CT molecular complexity index is 1140. The van der Waals surface area contributed by atoms with Gasteiger partial charge in [-0.15, -0.1) is 4.40 Å². The van der Waals surface area contributed by atoms with Gasteiger partial charge in [-0.2, -0.15) is 8.42 Å². The van der Waals surface area contributed by atoms with Gasteiger partial charge in [0.15, 0.2) is 0 Å². The van der Waals surface area contributed by atoms with E-state index < -0.39 is 16.0 Å². The number of sulfonamides is 1. The molecule has 136 valence electrons. The Morgan fingerprint density at radius 1 is 1.12 bits per heavy atom. The molecule has 3 aromatic rings. The summed E-state index contributed by atoms with van der Waals surface area (Å²) in [5.74, 6) is 0.110. The van der Waals surface area contributed by atoms with E-state index in [2.05, 4.69) is 4.40 Å². The molecule has 0 saturated carbocycles. The molecule has 0 unspecified atom stereocenters. The molecule has 1 aromatic heterocycles. The van der Waals surface area contributed by atoms with Crippen LogP contribution in [0.15, 0.2) is 51.8 Å². The van der Waals surface area contributed by atoms with Crippen LogP contribution < -0.4 is 9.54 Å². The predicted octanol–water partition coefficient (Wildman–Crippen LogP) is 2.32. The Morgan fingerprint density at radius 2 is 1.81 bits per heavy atom. The minimum absolute atomic E-state index is 0.0750. The Labute approximate surface area is 154 Å². The molecule has 0 radical (unpaired) electrons. The minimum atomic E-state index is -3.87. The van der Waals surface area contributed by atoms with Gasteiger partial charge in [-0.3, -0.25) is 0 Å². The van der Waals surface area contributed by atoms with E-state index in [0.29, 0.717) is 16.1 Å². The zero-order valence-corrected chi connectivity index (χ0v) is 15.9. The van der Waals surface area contributed by atoms with Gasteiger partial charge in [-0.1, -0.05) is 11.3 Å². The van der Waals surface area contributed by atoms with Gasteiger partial charge in [-0.05, 0) is 42.5 Å². The summed E-state index contributed by atoms with van der Waals surface area (Å²) in [7, 11) is 0.665. The molecule has 26 heavy (non-hydrogen) atoms. The van der Waals surface area contributed by atoms with Gasteiger partial charge in [0.1, 0.15) is 5.75 Å². The number of rotatable bonds is 4. The maximum atomic E-state index is 12.6. The molecule has 0 aliphatic rings. The van der Waals surface area contributed by atoms with Crippen LogP contribution in [-0.4, -0.2) is 33.2 Å². The number of ether oxygens (including phenoxy) is 2. The third-order valence-corrected chi connectivity index (χ3v) is 6.28. The van der Waals surface area contributed by atoms with Crippen molar-refractivity contribution in [2.24, 2.45) is 11.4 Å². The van der Waals surface area contributed by atoms with Crippen molar-refractivity contribution in [2.45, 2.75) is 4.90 Å². The van der Waals surface area contributed by atoms with Gasteiger partial charge < -0.3 is 14.0 Å². The first-order valence-electron chi connectivity index (χ1n) is 7.48. The van der Waals surface area contributed by atoms with E-state index in [1.165, 1.54) is 37.7 Å². The van der Waals surface area contributed by atoms with Crippen molar-refractivity contribution in [3.63, 3.8) is 0 Å². The normalized spacial score (nSPS) is 12.3. The minimum Gasteiger partial charge on any atom is -0.497 e. The van der Waals surface area contributed by atoms with Gasteiger partial charge >= 0.3 is 5.97 Å². The lowest BCUT2D eigenvalue weighted by Gasteiger charge is -2.01. The maximum absolute atomic E-state index is 12.6. The Morgan fingerprint density at radius 3 is 2.42 bits per heavy atom. The smallest absolute Gasteiger partial charge is 0.337 e. The second-order valence-electron chi connectivity index (χ2n) is 5.36. The van der Waals surface area contributed by atoms with E-state index in [9.17, 15) is 13.2 Å². The monoisotopic (exact) mass is 392 g/mol. The zero-order chi connectivity index (χ0) is 18.9. The molecule has 0 saturated heterocycles. The molecule has 3 rings (SSSR count). The molecule has 0 aliphatic carbocycles. The highest BCUT2D eigenvalue weighted by molar-refractivity contribution is 7.90. The summed E-state index contributed by atoms with van der Waals surface area (Å²) in [6, 6.07) is 11.0.